The summed E-state index contributed by atoms with van der Waals surface area (Å²) in [5.74, 6) is -2.37. The van der Waals surface area contributed by atoms with Crippen molar-refractivity contribution in [2.24, 2.45) is 0 Å². The van der Waals surface area contributed by atoms with Gasteiger partial charge in [-0.25, -0.2) is 9.78 Å². The zero-order valence-electron chi connectivity index (χ0n) is 6.94. The van der Waals surface area contributed by atoms with Crippen LogP contribution in [0.2, 0.25) is 0 Å². The maximum atomic E-state index is 10.7. The number of carboxylic acids is 1. The highest BCUT2D eigenvalue weighted by molar-refractivity contribution is 6.36. The molecule has 0 bridgehead atoms. The number of amides is 1. The largest absolute Gasteiger partial charge is 0.474 e. The highest BCUT2D eigenvalue weighted by Gasteiger charge is 2.11. The Morgan fingerprint density at radius 1 is 1.46 bits per heavy atom. The van der Waals surface area contributed by atoms with Gasteiger partial charge in [0.05, 0.1) is 0 Å². The summed E-state index contributed by atoms with van der Waals surface area (Å²) in [5, 5.41) is 10.4. The molecule has 0 aliphatic carbocycles. The number of rotatable bonds is 1. The minimum atomic E-state index is -1.52. The van der Waals surface area contributed by atoms with Crippen LogP contribution in [0.1, 0.15) is 5.69 Å². The van der Waals surface area contributed by atoms with E-state index in [4.69, 9.17) is 5.11 Å². The van der Waals surface area contributed by atoms with Crippen molar-refractivity contribution in [1.82, 2.24) is 4.98 Å². The van der Waals surface area contributed by atoms with E-state index in [9.17, 15) is 9.59 Å². The lowest BCUT2D eigenvalue weighted by Crippen LogP contribution is -2.22. The lowest BCUT2D eigenvalue weighted by Gasteiger charge is -2.00. The number of pyridine rings is 1. The Kier molecular flexibility index (Phi) is 2.59. The van der Waals surface area contributed by atoms with E-state index in [0.29, 0.717) is 5.69 Å². The standard InChI is InChI=1S/C8H8N2O3/c1-5-3-2-4-6(9-5)10-7(11)8(12)13/h2-4H,1H3,(H,12,13)(H,9,10,11). The van der Waals surface area contributed by atoms with E-state index in [1.807, 2.05) is 0 Å². The van der Waals surface area contributed by atoms with Gasteiger partial charge < -0.3 is 10.4 Å². The Labute approximate surface area is 74.4 Å². The number of aromatic nitrogens is 1. The molecule has 1 amide bonds. The van der Waals surface area contributed by atoms with Gasteiger partial charge in [0, 0.05) is 5.69 Å². The predicted octanol–water partition coefficient (Wildman–Crippen LogP) is 0.413. The van der Waals surface area contributed by atoms with Gasteiger partial charge in [-0.15, -0.1) is 0 Å². The van der Waals surface area contributed by atoms with E-state index in [0.717, 1.165) is 0 Å². The quantitative estimate of drug-likeness (QED) is 0.613. The molecule has 0 saturated carbocycles. The minimum Gasteiger partial charge on any atom is -0.474 e. The zero-order valence-corrected chi connectivity index (χ0v) is 6.94. The minimum absolute atomic E-state index is 0.243. The zero-order chi connectivity index (χ0) is 9.84. The van der Waals surface area contributed by atoms with Crippen molar-refractivity contribution < 1.29 is 14.7 Å². The van der Waals surface area contributed by atoms with Gasteiger partial charge in [-0.3, -0.25) is 4.79 Å². The van der Waals surface area contributed by atoms with Crippen LogP contribution in [-0.2, 0) is 9.59 Å². The first kappa shape index (κ1) is 9.18. The van der Waals surface area contributed by atoms with Crippen molar-refractivity contribution >= 4 is 17.7 Å². The predicted molar refractivity (Wildman–Crippen MR) is 45.2 cm³/mol. The number of hydrogen-bond donors (Lipinski definition) is 2. The SMILES string of the molecule is Cc1cccc(NC(=O)C(=O)O)n1. The lowest BCUT2D eigenvalue weighted by atomic mass is 10.4. The summed E-state index contributed by atoms with van der Waals surface area (Å²) in [5.41, 5.74) is 0.711. The first-order valence-corrected chi connectivity index (χ1v) is 3.57. The van der Waals surface area contributed by atoms with Crippen molar-refractivity contribution in [3.63, 3.8) is 0 Å². The van der Waals surface area contributed by atoms with Crippen LogP contribution in [0.4, 0.5) is 5.82 Å². The summed E-state index contributed by atoms with van der Waals surface area (Å²) in [6.07, 6.45) is 0. The van der Waals surface area contributed by atoms with E-state index >= 15 is 0 Å². The fraction of sp³-hybridized carbons (Fsp3) is 0.125. The highest BCUT2D eigenvalue weighted by atomic mass is 16.4. The first-order chi connectivity index (χ1) is 6.09. The fourth-order valence-corrected chi connectivity index (χ4v) is 0.782. The molecule has 0 unspecified atom stereocenters. The molecule has 1 aromatic heterocycles. The average molecular weight is 180 g/mol. The van der Waals surface area contributed by atoms with Gasteiger partial charge >= 0.3 is 11.9 Å². The molecule has 0 radical (unpaired) electrons. The topological polar surface area (TPSA) is 79.3 Å². The summed E-state index contributed by atoms with van der Waals surface area (Å²) in [7, 11) is 0. The summed E-state index contributed by atoms with van der Waals surface area (Å²) < 4.78 is 0. The molecular weight excluding hydrogens is 172 g/mol. The Morgan fingerprint density at radius 3 is 2.69 bits per heavy atom. The maximum absolute atomic E-state index is 10.7. The van der Waals surface area contributed by atoms with Gasteiger partial charge in [0.25, 0.3) is 0 Å². The number of hydrogen-bond acceptors (Lipinski definition) is 3. The van der Waals surface area contributed by atoms with E-state index in [1.54, 1.807) is 19.1 Å². The van der Waals surface area contributed by atoms with Gasteiger partial charge in [-0.2, -0.15) is 0 Å². The molecule has 0 aromatic carbocycles. The molecule has 0 atom stereocenters. The average Bonchev–Trinajstić information content (AvgIpc) is 2.04. The summed E-state index contributed by atoms with van der Waals surface area (Å²) in [6, 6.07) is 4.95. The second kappa shape index (κ2) is 3.66. The van der Waals surface area contributed by atoms with Crippen LogP contribution in [-0.4, -0.2) is 22.0 Å². The third kappa shape index (κ3) is 2.55. The molecule has 5 heteroatoms. The third-order valence-corrected chi connectivity index (χ3v) is 1.32. The van der Waals surface area contributed by atoms with Crippen LogP contribution in [0.5, 0.6) is 0 Å². The molecule has 5 nitrogen and oxygen atoms in total. The van der Waals surface area contributed by atoms with Crippen molar-refractivity contribution in [3.8, 4) is 0 Å². The summed E-state index contributed by atoms with van der Waals surface area (Å²) in [4.78, 5) is 24.7. The fourth-order valence-electron chi connectivity index (χ4n) is 0.782. The molecule has 0 fully saturated rings. The maximum Gasteiger partial charge on any atom is 0.394 e. The molecule has 13 heavy (non-hydrogen) atoms. The molecule has 0 aliphatic rings. The number of anilines is 1. The number of nitrogens with zero attached hydrogens (tertiary/aromatic N) is 1. The van der Waals surface area contributed by atoms with Crippen LogP contribution < -0.4 is 5.32 Å². The molecule has 68 valence electrons. The lowest BCUT2D eigenvalue weighted by molar-refractivity contribution is -0.147. The molecule has 0 saturated heterocycles. The Bertz CT molecular complexity index is 349. The number of carboxylic acid groups (broad SMARTS) is 1. The van der Waals surface area contributed by atoms with Gasteiger partial charge in [0.1, 0.15) is 5.82 Å². The van der Waals surface area contributed by atoms with Crippen molar-refractivity contribution in [1.29, 1.82) is 0 Å². The molecular formula is C8H8N2O3. The van der Waals surface area contributed by atoms with Crippen molar-refractivity contribution in [3.05, 3.63) is 23.9 Å². The molecule has 1 rings (SSSR count). The van der Waals surface area contributed by atoms with E-state index < -0.39 is 11.9 Å². The number of nitrogens with one attached hydrogen (secondary N) is 1. The number of carbonyl (C=O) groups excluding carboxylic acids is 1. The molecule has 0 spiro atoms. The molecule has 1 aromatic rings. The Balaban J connectivity index is 2.75. The van der Waals surface area contributed by atoms with Gasteiger partial charge in [-0.05, 0) is 19.1 Å². The van der Waals surface area contributed by atoms with Gasteiger partial charge in [0.15, 0.2) is 0 Å². The molecule has 0 aliphatic heterocycles. The van der Waals surface area contributed by atoms with Crippen LogP contribution in [0.3, 0.4) is 0 Å². The molecule has 2 N–H and O–H groups in total. The second-order valence-corrected chi connectivity index (χ2v) is 2.42. The highest BCUT2D eigenvalue weighted by Crippen LogP contribution is 2.02. The van der Waals surface area contributed by atoms with Crippen LogP contribution in [0.25, 0.3) is 0 Å². The van der Waals surface area contributed by atoms with Crippen molar-refractivity contribution in [2.75, 3.05) is 5.32 Å². The number of aryl methyl sites for hydroxylation is 1. The smallest absolute Gasteiger partial charge is 0.394 e. The Morgan fingerprint density at radius 2 is 2.15 bits per heavy atom. The van der Waals surface area contributed by atoms with Crippen molar-refractivity contribution in [2.45, 2.75) is 6.92 Å². The van der Waals surface area contributed by atoms with E-state index in [-0.39, 0.29) is 5.82 Å². The monoisotopic (exact) mass is 180 g/mol. The molecule has 1 heterocycles. The van der Waals surface area contributed by atoms with Crippen LogP contribution in [0.15, 0.2) is 18.2 Å². The van der Waals surface area contributed by atoms with Crippen LogP contribution >= 0.6 is 0 Å². The third-order valence-electron chi connectivity index (χ3n) is 1.32. The number of carbonyl (C=O) groups is 2. The normalized spacial score (nSPS) is 9.31. The van der Waals surface area contributed by atoms with E-state index in [1.165, 1.54) is 6.07 Å². The van der Waals surface area contributed by atoms with Gasteiger partial charge in [-0.1, -0.05) is 6.07 Å². The van der Waals surface area contributed by atoms with Gasteiger partial charge in [0.2, 0.25) is 0 Å². The van der Waals surface area contributed by atoms with E-state index in [2.05, 4.69) is 10.3 Å². The second-order valence-electron chi connectivity index (χ2n) is 2.42. The Hall–Kier alpha value is -1.91. The summed E-state index contributed by atoms with van der Waals surface area (Å²) in [6.45, 7) is 1.75. The van der Waals surface area contributed by atoms with Crippen LogP contribution in [0, 0.1) is 6.92 Å². The number of aliphatic carboxylic acids is 1. The summed E-state index contributed by atoms with van der Waals surface area (Å²) >= 11 is 0. The first-order valence-electron chi connectivity index (χ1n) is 3.57.